The molecule has 1 aliphatic heterocycles. The number of aromatic amines is 1. The molecule has 0 spiro atoms. The SMILES string of the molecule is CCS(=O)(=O)c1ccc(-n2cc(/C=C/C3CCNCC3)ncc2=O)c(-c2cn(C)c(=O)c3[nH]ccc23)c1. The smallest absolute Gasteiger partial charge is 0.274 e. The second kappa shape index (κ2) is 9.95. The number of aromatic nitrogens is 4. The molecular formula is C27H29N5O4S. The number of hydrogen-bond acceptors (Lipinski definition) is 6. The number of pyridine rings is 1. The van der Waals surface area contributed by atoms with E-state index in [-0.39, 0.29) is 21.8 Å². The van der Waals surface area contributed by atoms with Crippen molar-refractivity contribution < 1.29 is 8.42 Å². The zero-order valence-corrected chi connectivity index (χ0v) is 21.6. The predicted octanol–water partition coefficient (Wildman–Crippen LogP) is 2.89. The minimum atomic E-state index is -3.52. The second-order valence-electron chi connectivity index (χ2n) is 9.27. The first-order chi connectivity index (χ1) is 17.8. The van der Waals surface area contributed by atoms with Gasteiger partial charge in [0.25, 0.3) is 11.1 Å². The molecule has 0 radical (unpaired) electrons. The molecule has 0 unspecified atom stereocenters. The van der Waals surface area contributed by atoms with E-state index in [4.69, 9.17) is 0 Å². The number of H-pyrrole nitrogens is 1. The lowest BCUT2D eigenvalue weighted by molar-refractivity contribution is 0.438. The summed E-state index contributed by atoms with van der Waals surface area (Å²) in [5, 5.41) is 3.99. The van der Waals surface area contributed by atoms with E-state index >= 15 is 0 Å². The molecule has 2 N–H and O–H groups in total. The molecule has 0 saturated carbocycles. The molecule has 5 rings (SSSR count). The van der Waals surface area contributed by atoms with Crippen LogP contribution in [0.2, 0.25) is 0 Å². The molecule has 0 aliphatic carbocycles. The van der Waals surface area contributed by atoms with Crippen molar-refractivity contribution in [2.75, 3.05) is 18.8 Å². The minimum absolute atomic E-state index is 0.0561. The molecule has 3 aromatic heterocycles. The molecule has 9 nitrogen and oxygen atoms in total. The molecular weight excluding hydrogens is 490 g/mol. The fourth-order valence-corrected chi connectivity index (χ4v) is 5.66. The predicted molar refractivity (Wildman–Crippen MR) is 145 cm³/mol. The Morgan fingerprint density at radius 2 is 1.89 bits per heavy atom. The van der Waals surface area contributed by atoms with Gasteiger partial charge in [-0.3, -0.25) is 14.2 Å². The Morgan fingerprint density at radius 1 is 1.11 bits per heavy atom. The fraction of sp³-hybridized carbons (Fsp3) is 0.296. The molecule has 10 heteroatoms. The van der Waals surface area contributed by atoms with E-state index in [0.29, 0.717) is 39.3 Å². The van der Waals surface area contributed by atoms with Gasteiger partial charge in [-0.1, -0.05) is 13.0 Å². The van der Waals surface area contributed by atoms with Crippen molar-refractivity contribution in [1.82, 2.24) is 24.4 Å². The van der Waals surface area contributed by atoms with E-state index in [1.54, 1.807) is 50.8 Å². The van der Waals surface area contributed by atoms with Crippen molar-refractivity contribution in [2.24, 2.45) is 13.0 Å². The van der Waals surface area contributed by atoms with Crippen LogP contribution in [0.1, 0.15) is 25.5 Å². The Balaban J connectivity index is 1.71. The molecule has 0 atom stereocenters. The number of nitrogens with one attached hydrogen (secondary N) is 2. The van der Waals surface area contributed by atoms with Gasteiger partial charge >= 0.3 is 0 Å². The van der Waals surface area contributed by atoms with Gasteiger partial charge in [-0.25, -0.2) is 13.4 Å². The summed E-state index contributed by atoms with van der Waals surface area (Å²) in [5.41, 5.74) is 2.15. The van der Waals surface area contributed by atoms with Crippen molar-refractivity contribution in [1.29, 1.82) is 0 Å². The third kappa shape index (κ3) is 4.82. The standard InChI is InChI=1S/C27H29N5O4S/c1-3-37(35,36)20-6-7-24(22(14-20)23-17-31(2)27(34)26-21(23)10-13-29-26)32-16-19(30-15-25(32)33)5-4-18-8-11-28-12-9-18/h4-7,10,13-18,28-29H,3,8-9,11-12H2,1-2H3/b5-4+. The summed E-state index contributed by atoms with van der Waals surface area (Å²) in [6.07, 6.45) is 12.4. The van der Waals surface area contributed by atoms with Crippen LogP contribution in [0.3, 0.4) is 0 Å². The first-order valence-electron chi connectivity index (χ1n) is 12.3. The van der Waals surface area contributed by atoms with E-state index in [1.807, 2.05) is 6.08 Å². The lowest BCUT2D eigenvalue weighted by Crippen LogP contribution is -2.26. The average molecular weight is 520 g/mol. The van der Waals surface area contributed by atoms with Crippen LogP contribution in [0.25, 0.3) is 33.8 Å². The molecule has 37 heavy (non-hydrogen) atoms. The van der Waals surface area contributed by atoms with Gasteiger partial charge in [0.2, 0.25) is 0 Å². The summed E-state index contributed by atoms with van der Waals surface area (Å²) in [6, 6.07) is 6.52. The number of piperidine rings is 1. The zero-order valence-electron chi connectivity index (χ0n) is 20.8. The highest BCUT2D eigenvalue weighted by molar-refractivity contribution is 7.91. The van der Waals surface area contributed by atoms with Crippen molar-refractivity contribution in [3.05, 3.63) is 81.5 Å². The first kappa shape index (κ1) is 24.9. The number of hydrogen-bond donors (Lipinski definition) is 2. The second-order valence-corrected chi connectivity index (χ2v) is 11.6. The Bertz CT molecular complexity index is 1720. The van der Waals surface area contributed by atoms with Gasteiger partial charge in [-0.05, 0) is 62.2 Å². The number of nitrogens with zero attached hydrogens (tertiary/aromatic N) is 3. The molecule has 1 aromatic carbocycles. The van der Waals surface area contributed by atoms with Crippen LogP contribution in [0.5, 0.6) is 0 Å². The largest absolute Gasteiger partial charge is 0.357 e. The van der Waals surface area contributed by atoms with Crippen LogP contribution in [-0.2, 0) is 16.9 Å². The summed E-state index contributed by atoms with van der Waals surface area (Å²) in [6.45, 7) is 3.55. The number of fused-ring (bicyclic) bond motifs is 1. The first-order valence-corrected chi connectivity index (χ1v) is 14.0. The van der Waals surface area contributed by atoms with E-state index in [2.05, 4.69) is 21.4 Å². The molecule has 0 amide bonds. The summed E-state index contributed by atoms with van der Waals surface area (Å²) >= 11 is 0. The maximum absolute atomic E-state index is 13.0. The van der Waals surface area contributed by atoms with Crippen LogP contribution >= 0.6 is 0 Å². The maximum Gasteiger partial charge on any atom is 0.274 e. The van der Waals surface area contributed by atoms with Gasteiger partial charge in [-0.15, -0.1) is 0 Å². The Labute approximate surface area is 214 Å². The summed E-state index contributed by atoms with van der Waals surface area (Å²) in [5.74, 6) is 0.393. The highest BCUT2D eigenvalue weighted by atomic mass is 32.2. The quantitative estimate of drug-likeness (QED) is 0.404. The third-order valence-electron chi connectivity index (χ3n) is 6.90. The zero-order chi connectivity index (χ0) is 26.2. The van der Waals surface area contributed by atoms with E-state index < -0.39 is 9.84 Å². The third-order valence-corrected chi connectivity index (χ3v) is 8.63. The van der Waals surface area contributed by atoms with Gasteiger partial charge in [0.05, 0.1) is 28.2 Å². The summed E-state index contributed by atoms with van der Waals surface area (Å²) < 4.78 is 28.5. The average Bonchev–Trinajstić information content (AvgIpc) is 3.41. The fourth-order valence-electron chi connectivity index (χ4n) is 4.75. The Morgan fingerprint density at radius 3 is 2.65 bits per heavy atom. The van der Waals surface area contributed by atoms with Crippen molar-refractivity contribution >= 4 is 26.8 Å². The molecule has 4 aromatic rings. The van der Waals surface area contributed by atoms with Crippen LogP contribution < -0.4 is 16.4 Å². The van der Waals surface area contributed by atoms with Crippen molar-refractivity contribution in [3.63, 3.8) is 0 Å². The van der Waals surface area contributed by atoms with Gasteiger partial charge in [0, 0.05) is 42.2 Å². The van der Waals surface area contributed by atoms with Crippen LogP contribution in [0, 0.1) is 5.92 Å². The molecule has 1 saturated heterocycles. The van der Waals surface area contributed by atoms with Crippen LogP contribution in [-0.4, -0.2) is 46.4 Å². The van der Waals surface area contributed by atoms with Crippen LogP contribution in [0.15, 0.2) is 69.6 Å². The maximum atomic E-state index is 13.0. The molecule has 1 fully saturated rings. The topological polar surface area (TPSA) is 119 Å². The van der Waals surface area contributed by atoms with E-state index in [9.17, 15) is 18.0 Å². The highest BCUT2D eigenvalue weighted by Gasteiger charge is 2.20. The van der Waals surface area contributed by atoms with E-state index in [0.717, 1.165) is 25.9 Å². The number of aryl methyl sites for hydroxylation is 1. The van der Waals surface area contributed by atoms with Crippen molar-refractivity contribution in [3.8, 4) is 16.8 Å². The Hall–Kier alpha value is -3.76. The van der Waals surface area contributed by atoms with Gasteiger partial charge in [0.15, 0.2) is 9.84 Å². The van der Waals surface area contributed by atoms with Crippen LogP contribution in [0.4, 0.5) is 0 Å². The van der Waals surface area contributed by atoms with Gasteiger partial charge in [0.1, 0.15) is 5.52 Å². The number of rotatable bonds is 6. The molecule has 4 heterocycles. The lowest BCUT2D eigenvalue weighted by atomic mass is 9.97. The Kier molecular flexibility index (Phi) is 6.70. The van der Waals surface area contributed by atoms with Gasteiger partial charge < -0.3 is 14.9 Å². The number of allylic oxidation sites excluding steroid dienone is 1. The van der Waals surface area contributed by atoms with Crippen molar-refractivity contribution in [2.45, 2.75) is 24.7 Å². The lowest BCUT2D eigenvalue weighted by Gasteiger charge is -2.19. The number of sulfone groups is 1. The molecule has 1 aliphatic rings. The normalized spacial score (nSPS) is 15.1. The monoisotopic (exact) mass is 519 g/mol. The number of benzene rings is 1. The van der Waals surface area contributed by atoms with E-state index in [1.165, 1.54) is 21.4 Å². The highest BCUT2D eigenvalue weighted by Crippen LogP contribution is 2.33. The summed E-state index contributed by atoms with van der Waals surface area (Å²) in [7, 11) is -1.88. The van der Waals surface area contributed by atoms with Gasteiger partial charge in [-0.2, -0.15) is 0 Å². The molecule has 192 valence electrons. The summed E-state index contributed by atoms with van der Waals surface area (Å²) in [4.78, 5) is 33.1. The minimum Gasteiger partial charge on any atom is -0.357 e. The molecule has 0 bridgehead atoms.